The lowest BCUT2D eigenvalue weighted by Gasteiger charge is -2.36. The second-order valence-corrected chi connectivity index (χ2v) is 8.47. The van der Waals surface area contributed by atoms with E-state index in [9.17, 15) is 0 Å². The molecule has 0 unspecified atom stereocenters. The van der Waals surface area contributed by atoms with Gasteiger partial charge in [0.1, 0.15) is 11.5 Å². The van der Waals surface area contributed by atoms with Gasteiger partial charge in [-0.1, -0.05) is 56.3 Å². The van der Waals surface area contributed by atoms with Crippen LogP contribution in [0, 0.1) is 5.92 Å². The monoisotopic (exact) mass is 416 g/mol. The van der Waals surface area contributed by atoms with Crippen LogP contribution in [0.3, 0.4) is 0 Å². The van der Waals surface area contributed by atoms with Crippen molar-refractivity contribution in [2.24, 2.45) is 5.92 Å². The number of nitrogens with one attached hydrogen (secondary N) is 1. The first-order valence-corrected chi connectivity index (χ1v) is 11.2. The number of ether oxygens (including phenoxy) is 2. The van der Waals surface area contributed by atoms with Crippen LogP contribution in [-0.2, 0) is 0 Å². The van der Waals surface area contributed by atoms with Crippen LogP contribution in [0.15, 0.2) is 78.9 Å². The van der Waals surface area contributed by atoms with Crippen LogP contribution in [-0.4, -0.2) is 31.1 Å². The highest BCUT2D eigenvalue weighted by molar-refractivity contribution is 5.48. The minimum atomic E-state index is 0.367. The highest BCUT2D eigenvalue weighted by atomic mass is 16.5. The Morgan fingerprint density at radius 2 is 1.35 bits per heavy atom. The van der Waals surface area contributed by atoms with Crippen molar-refractivity contribution in [3.8, 4) is 23.0 Å². The van der Waals surface area contributed by atoms with E-state index < -0.39 is 0 Å². The zero-order valence-corrected chi connectivity index (χ0v) is 18.5. The molecule has 0 bridgehead atoms. The lowest BCUT2D eigenvalue weighted by atomic mass is 9.94. The molecule has 4 nitrogen and oxygen atoms in total. The summed E-state index contributed by atoms with van der Waals surface area (Å²) in [5, 5.41) is 3.47. The lowest BCUT2D eigenvalue weighted by molar-refractivity contribution is 0.154. The Hall–Kier alpha value is -2.82. The highest BCUT2D eigenvalue weighted by Crippen LogP contribution is 2.39. The topological polar surface area (TPSA) is 33.7 Å². The first-order chi connectivity index (χ1) is 15.2. The van der Waals surface area contributed by atoms with Gasteiger partial charge in [-0.25, -0.2) is 0 Å². The van der Waals surface area contributed by atoms with Crippen molar-refractivity contribution >= 4 is 0 Å². The van der Waals surface area contributed by atoms with Crippen LogP contribution in [0.1, 0.15) is 31.9 Å². The molecule has 162 valence electrons. The number of rotatable bonds is 8. The first kappa shape index (κ1) is 21.4. The zero-order chi connectivity index (χ0) is 21.5. The van der Waals surface area contributed by atoms with Gasteiger partial charge in [-0.05, 0) is 54.3 Å². The van der Waals surface area contributed by atoms with Crippen LogP contribution >= 0.6 is 0 Å². The van der Waals surface area contributed by atoms with Crippen LogP contribution in [0.25, 0.3) is 0 Å². The van der Waals surface area contributed by atoms with E-state index in [4.69, 9.17) is 9.47 Å². The Morgan fingerprint density at radius 3 is 1.94 bits per heavy atom. The second kappa shape index (κ2) is 10.5. The molecule has 1 atom stereocenters. The van der Waals surface area contributed by atoms with Crippen molar-refractivity contribution in [2.45, 2.75) is 26.3 Å². The Balaban J connectivity index is 1.68. The molecule has 0 aromatic heterocycles. The van der Waals surface area contributed by atoms with E-state index >= 15 is 0 Å². The van der Waals surface area contributed by atoms with E-state index in [2.05, 4.69) is 42.3 Å². The molecule has 0 amide bonds. The van der Waals surface area contributed by atoms with Gasteiger partial charge in [0.05, 0.1) is 0 Å². The van der Waals surface area contributed by atoms with Gasteiger partial charge in [-0.3, -0.25) is 4.90 Å². The summed E-state index contributed by atoms with van der Waals surface area (Å²) in [4.78, 5) is 2.59. The normalized spacial score (nSPS) is 15.6. The van der Waals surface area contributed by atoms with E-state index in [0.717, 1.165) is 55.6 Å². The quantitative estimate of drug-likeness (QED) is 0.470. The third kappa shape index (κ3) is 5.87. The lowest BCUT2D eigenvalue weighted by Crippen LogP contribution is -2.45. The van der Waals surface area contributed by atoms with E-state index in [1.165, 1.54) is 5.56 Å². The molecule has 1 saturated heterocycles. The fraction of sp³-hybridized carbons (Fsp3) is 0.333. The van der Waals surface area contributed by atoms with Crippen molar-refractivity contribution < 1.29 is 9.47 Å². The largest absolute Gasteiger partial charge is 0.453 e. The average Bonchev–Trinajstić information content (AvgIpc) is 2.80. The van der Waals surface area contributed by atoms with Crippen molar-refractivity contribution in [3.05, 3.63) is 84.4 Å². The average molecular weight is 417 g/mol. The van der Waals surface area contributed by atoms with Crippen molar-refractivity contribution in [1.29, 1.82) is 0 Å². The number of para-hydroxylation sites is 2. The predicted molar refractivity (Wildman–Crippen MR) is 126 cm³/mol. The molecule has 3 aromatic carbocycles. The number of nitrogens with zero attached hydrogens (tertiary/aromatic N) is 1. The number of piperazine rings is 1. The molecular weight excluding hydrogens is 384 g/mol. The third-order valence-corrected chi connectivity index (χ3v) is 5.58. The summed E-state index contributed by atoms with van der Waals surface area (Å²) in [6.45, 7) is 8.80. The summed E-state index contributed by atoms with van der Waals surface area (Å²) < 4.78 is 12.5. The summed E-state index contributed by atoms with van der Waals surface area (Å²) >= 11 is 0. The van der Waals surface area contributed by atoms with Crippen LogP contribution < -0.4 is 14.8 Å². The SMILES string of the molecule is CC(C)C[C@@H](c1ccc(Oc2ccccc2)c(Oc2ccccc2)c1)N1CCNCC1. The van der Waals surface area contributed by atoms with Gasteiger partial charge < -0.3 is 14.8 Å². The molecule has 1 fully saturated rings. The molecule has 31 heavy (non-hydrogen) atoms. The molecule has 1 aliphatic heterocycles. The third-order valence-electron chi connectivity index (χ3n) is 5.58. The summed E-state index contributed by atoms with van der Waals surface area (Å²) in [6, 6.07) is 26.6. The maximum absolute atomic E-state index is 6.31. The first-order valence-electron chi connectivity index (χ1n) is 11.2. The van der Waals surface area contributed by atoms with Crippen LogP contribution in [0.5, 0.6) is 23.0 Å². The minimum absolute atomic E-state index is 0.367. The highest BCUT2D eigenvalue weighted by Gasteiger charge is 2.24. The standard InChI is InChI=1S/C27H32N2O2/c1-21(2)19-25(29-17-15-28-16-18-29)22-13-14-26(30-23-9-5-3-6-10-23)27(20-22)31-24-11-7-4-8-12-24/h3-14,20-21,25,28H,15-19H2,1-2H3/t25-/m0/s1. The molecule has 3 aromatic rings. The van der Waals surface area contributed by atoms with Gasteiger partial charge in [-0.2, -0.15) is 0 Å². The number of hydrogen-bond donors (Lipinski definition) is 1. The molecule has 1 N–H and O–H groups in total. The van der Waals surface area contributed by atoms with Gasteiger partial charge in [0.25, 0.3) is 0 Å². The van der Waals surface area contributed by atoms with E-state index in [1.807, 2.05) is 60.7 Å². The van der Waals surface area contributed by atoms with E-state index in [-0.39, 0.29) is 0 Å². The van der Waals surface area contributed by atoms with Gasteiger partial charge in [0.2, 0.25) is 0 Å². The summed E-state index contributed by atoms with van der Waals surface area (Å²) in [5.41, 5.74) is 1.28. The van der Waals surface area contributed by atoms with Gasteiger partial charge in [0, 0.05) is 32.2 Å². The molecule has 4 heteroatoms. The Morgan fingerprint density at radius 1 is 0.774 bits per heavy atom. The van der Waals surface area contributed by atoms with E-state index in [0.29, 0.717) is 12.0 Å². The van der Waals surface area contributed by atoms with Crippen LogP contribution in [0.4, 0.5) is 0 Å². The van der Waals surface area contributed by atoms with Crippen LogP contribution in [0.2, 0.25) is 0 Å². The van der Waals surface area contributed by atoms with Crippen molar-refractivity contribution in [1.82, 2.24) is 10.2 Å². The fourth-order valence-electron chi connectivity index (χ4n) is 4.06. The fourth-order valence-corrected chi connectivity index (χ4v) is 4.06. The molecule has 1 aliphatic rings. The summed E-state index contributed by atoms with van der Waals surface area (Å²) in [6.07, 6.45) is 1.11. The predicted octanol–water partition coefficient (Wildman–Crippen LogP) is 6.26. The number of hydrogen-bond acceptors (Lipinski definition) is 4. The van der Waals surface area contributed by atoms with Gasteiger partial charge >= 0.3 is 0 Å². The summed E-state index contributed by atoms with van der Waals surface area (Å²) in [7, 11) is 0. The maximum atomic E-state index is 6.31. The molecule has 0 saturated carbocycles. The maximum Gasteiger partial charge on any atom is 0.170 e. The Labute approximate surface area is 185 Å². The number of benzene rings is 3. The van der Waals surface area contributed by atoms with Gasteiger partial charge in [-0.15, -0.1) is 0 Å². The molecule has 0 radical (unpaired) electrons. The van der Waals surface area contributed by atoms with Gasteiger partial charge in [0.15, 0.2) is 11.5 Å². The molecule has 4 rings (SSSR count). The zero-order valence-electron chi connectivity index (χ0n) is 18.5. The van der Waals surface area contributed by atoms with Crippen molar-refractivity contribution in [3.63, 3.8) is 0 Å². The summed E-state index contributed by atoms with van der Waals surface area (Å²) in [5.74, 6) is 3.69. The second-order valence-electron chi connectivity index (χ2n) is 8.47. The molecule has 0 spiro atoms. The van der Waals surface area contributed by atoms with Crippen molar-refractivity contribution in [2.75, 3.05) is 26.2 Å². The molecular formula is C27H32N2O2. The minimum Gasteiger partial charge on any atom is -0.453 e. The molecule has 0 aliphatic carbocycles. The Kier molecular flexibility index (Phi) is 7.23. The van der Waals surface area contributed by atoms with E-state index in [1.54, 1.807) is 0 Å². The smallest absolute Gasteiger partial charge is 0.170 e. The Bertz CT molecular complexity index is 938. The molecule has 1 heterocycles.